The predicted octanol–water partition coefficient (Wildman–Crippen LogP) is 2.44. The Morgan fingerprint density at radius 2 is 1.78 bits per heavy atom. The highest BCUT2D eigenvalue weighted by atomic mass is 32.2. The Morgan fingerprint density at radius 1 is 1.15 bits per heavy atom. The maximum Gasteiger partial charge on any atom is 0.411 e. The second-order valence-electron chi connectivity index (χ2n) is 6.53. The molecule has 8 heteroatoms. The van der Waals surface area contributed by atoms with Crippen molar-refractivity contribution in [2.24, 2.45) is 5.92 Å². The van der Waals surface area contributed by atoms with E-state index in [9.17, 15) is 18.3 Å². The van der Waals surface area contributed by atoms with Crippen LogP contribution in [0.2, 0.25) is 0 Å². The topological polar surface area (TPSA) is 105 Å². The van der Waals surface area contributed by atoms with Crippen LogP contribution < -0.4 is 10.0 Å². The molecule has 3 N–H and O–H groups in total. The quantitative estimate of drug-likeness (QED) is 0.674. The summed E-state index contributed by atoms with van der Waals surface area (Å²) in [6.45, 7) is -0.105. The summed E-state index contributed by atoms with van der Waals surface area (Å²) in [6, 6.07) is 14.8. The summed E-state index contributed by atoms with van der Waals surface area (Å²) in [5, 5.41) is 13.6. The molecule has 1 amide bonds. The predicted molar refractivity (Wildman–Crippen MR) is 101 cm³/mol. The monoisotopic (exact) mass is 390 g/mol. The lowest BCUT2D eigenvalue weighted by Crippen LogP contribution is -2.42. The van der Waals surface area contributed by atoms with Crippen LogP contribution in [-0.2, 0) is 20.4 Å². The molecule has 0 radical (unpaired) electrons. The molecule has 0 unspecified atom stereocenters. The van der Waals surface area contributed by atoms with E-state index in [1.807, 2.05) is 18.2 Å². The second kappa shape index (κ2) is 7.67. The summed E-state index contributed by atoms with van der Waals surface area (Å²) in [6.07, 6.45) is 1.09. The molecule has 0 aromatic heterocycles. The third kappa shape index (κ3) is 4.47. The van der Waals surface area contributed by atoms with Crippen LogP contribution in [-0.4, -0.2) is 33.3 Å². The van der Waals surface area contributed by atoms with Gasteiger partial charge in [-0.3, -0.25) is 5.32 Å². The molecular weight excluding hydrogens is 368 g/mol. The van der Waals surface area contributed by atoms with Crippen molar-refractivity contribution >= 4 is 21.8 Å². The Hall–Kier alpha value is -2.42. The highest BCUT2D eigenvalue weighted by Gasteiger charge is 2.45. The smallest absolute Gasteiger partial charge is 0.411 e. The van der Waals surface area contributed by atoms with Crippen LogP contribution in [0, 0.1) is 5.92 Å². The van der Waals surface area contributed by atoms with Crippen molar-refractivity contribution in [1.29, 1.82) is 0 Å². The number of anilines is 1. The van der Waals surface area contributed by atoms with E-state index in [1.54, 1.807) is 12.1 Å². The molecular formula is C19H22N2O5S. The van der Waals surface area contributed by atoms with Gasteiger partial charge in [0, 0.05) is 12.2 Å². The number of methoxy groups -OCH3 is 1. The highest BCUT2D eigenvalue weighted by molar-refractivity contribution is 7.89. The van der Waals surface area contributed by atoms with Gasteiger partial charge in [-0.2, -0.15) is 0 Å². The molecule has 7 nitrogen and oxygen atoms in total. The Morgan fingerprint density at radius 3 is 2.33 bits per heavy atom. The van der Waals surface area contributed by atoms with E-state index in [4.69, 9.17) is 0 Å². The molecule has 3 rings (SSSR count). The zero-order valence-electron chi connectivity index (χ0n) is 14.9. The zero-order chi connectivity index (χ0) is 19.5. The van der Waals surface area contributed by atoms with Gasteiger partial charge in [0.15, 0.2) is 0 Å². The van der Waals surface area contributed by atoms with Crippen molar-refractivity contribution in [2.75, 3.05) is 19.0 Å². The van der Waals surface area contributed by atoms with Gasteiger partial charge in [0.2, 0.25) is 10.0 Å². The van der Waals surface area contributed by atoms with E-state index < -0.39 is 21.7 Å². The van der Waals surface area contributed by atoms with E-state index >= 15 is 0 Å². The number of rotatable bonds is 7. The van der Waals surface area contributed by atoms with Crippen molar-refractivity contribution < 1.29 is 23.1 Å². The van der Waals surface area contributed by atoms with Gasteiger partial charge in [-0.1, -0.05) is 30.3 Å². The maximum atomic E-state index is 12.6. The van der Waals surface area contributed by atoms with Crippen LogP contribution >= 0.6 is 0 Å². The van der Waals surface area contributed by atoms with Crippen molar-refractivity contribution in [3.63, 3.8) is 0 Å². The Bertz CT molecular complexity index is 895. The Balaban J connectivity index is 1.73. The summed E-state index contributed by atoms with van der Waals surface area (Å²) in [5.41, 5.74) is -0.117. The van der Waals surface area contributed by atoms with Gasteiger partial charge in [0.25, 0.3) is 0 Å². The molecule has 0 aliphatic heterocycles. The average molecular weight is 390 g/mol. The molecule has 1 aliphatic carbocycles. The van der Waals surface area contributed by atoms with Crippen LogP contribution in [0.5, 0.6) is 0 Å². The molecule has 144 valence electrons. The molecule has 0 bridgehead atoms. The lowest BCUT2D eigenvalue weighted by molar-refractivity contribution is 0.0185. The van der Waals surface area contributed by atoms with Crippen LogP contribution in [0.25, 0.3) is 0 Å². The number of ether oxygens (including phenoxy) is 1. The molecule has 1 atom stereocenters. The summed E-state index contributed by atoms with van der Waals surface area (Å²) in [4.78, 5) is 11.2. The number of carbonyl (C=O) groups is 1. The number of hydrogen-bond donors (Lipinski definition) is 3. The largest absolute Gasteiger partial charge is 0.453 e. The third-order valence-corrected chi connectivity index (χ3v) is 6.07. The van der Waals surface area contributed by atoms with Crippen LogP contribution in [0.3, 0.4) is 0 Å². The van der Waals surface area contributed by atoms with Gasteiger partial charge in [0.05, 0.1) is 12.0 Å². The molecule has 2 aromatic rings. The van der Waals surface area contributed by atoms with E-state index in [0.717, 1.165) is 12.8 Å². The molecule has 2 aromatic carbocycles. The minimum atomic E-state index is -3.81. The normalized spacial score (nSPS) is 16.4. The fourth-order valence-corrected chi connectivity index (χ4v) is 4.02. The first-order valence-corrected chi connectivity index (χ1v) is 10.1. The summed E-state index contributed by atoms with van der Waals surface area (Å²) in [5.74, 6) is 0.0363. The average Bonchev–Trinajstić information content (AvgIpc) is 3.53. The number of nitrogens with one attached hydrogen (secondary N) is 2. The van der Waals surface area contributed by atoms with E-state index in [-0.39, 0.29) is 17.4 Å². The third-order valence-electron chi connectivity index (χ3n) is 4.65. The Labute approximate surface area is 158 Å². The standard InChI is InChI=1S/C19H22N2O5S/c1-26-18(22)21-16-9-11-17(12-10-16)27(24,25)20-13-19(23,15-7-8-15)14-5-3-2-4-6-14/h2-6,9-12,15,20,23H,7-8,13H2,1H3,(H,21,22)/t19-/m1/s1. The summed E-state index contributed by atoms with van der Waals surface area (Å²) in [7, 11) is -2.57. The van der Waals surface area contributed by atoms with Gasteiger partial charge < -0.3 is 9.84 Å². The minimum absolute atomic E-state index is 0.0363. The first-order valence-electron chi connectivity index (χ1n) is 8.58. The fourth-order valence-electron chi connectivity index (χ4n) is 2.94. The molecule has 0 heterocycles. The molecule has 0 spiro atoms. The number of amides is 1. The first-order chi connectivity index (χ1) is 12.8. The van der Waals surface area contributed by atoms with Crippen molar-refractivity contribution in [2.45, 2.75) is 23.3 Å². The molecule has 27 heavy (non-hydrogen) atoms. The highest BCUT2D eigenvalue weighted by Crippen LogP contribution is 2.45. The van der Waals surface area contributed by atoms with Gasteiger partial charge in [-0.25, -0.2) is 17.9 Å². The zero-order valence-corrected chi connectivity index (χ0v) is 15.7. The van der Waals surface area contributed by atoms with Crippen LogP contribution in [0.4, 0.5) is 10.5 Å². The minimum Gasteiger partial charge on any atom is -0.453 e. The Kier molecular flexibility index (Phi) is 5.50. The number of benzene rings is 2. The molecule has 1 fully saturated rings. The number of hydrogen-bond acceptors (Lipinski definition) is 5. The number of aliphatic hydroxyl groups is 1. The van der Waals surface area contributed by atoms with Crippen molar-refractivity contribution in [1.82, 2.24) is 4.72 Å². The summed E-state index contributed by atoms with van der Waals surface area (Å²) < 4.78 is 32.2. The SMILES string of the molecule is COC(=O)Nc1ccc(S(=O)(=O)NC[C@@](O)(c2ccccc2)C2CC2)cc1. The summed E-state index contributed by atoms with van der Waals surface area (Å²) >= 11 is 0. The van der Waals surface area contributed by atoms with Gasteiger partial charge in [-0.05, 0) is 48.6 Å². The lowest BCUT2D eigenvalue weighted by atomic mass is 9.89. The van der Waals surface area contributed by atoms with E-state index in [2.05, 4.69) is 14.8 Å². The molecule has 1 saturated carbocycles. The van der Waals surface area contributed by atoms with E-state index in [0.29, 0.717) is 11.3 Å². The maximum absolute atomic E-state index is 12.6. The van der Waals surface area contributed by atoms with Gasteiger partial charge in [0.1, 0.15) is 5.60 Å². The van der Waals surface area contributed by atoms with E-state index in [1.165, 1.54) is 31.4 Å². The van der Waals surface area contributed by atoms with Crippen molar-refractivity contribution in [3.05, 3.63) is 60.2 Å². The fraction of sp³-hybridized carbons (Fsp3) is 0.316. The van der Waals surface area contributed by atoms with Gasteiger partial charge in [-0.15, -0.1) is 0 Å². The molecule has 0 saturated heterocycles. The van der Waals surface area contributed by atoms with Crippen molar-refractivity contribution in [3.8, 4) is 0 Å². The van der Waals surface area contributed by atoms with Crippen LogP contribution in [0.15, 0.2) is 59.5 Å². The van der Waals surface area contributed by atoms with Gasteiger partial charge >= 0.3 is 6.09 Å². The molecule has 1 aliphatic rings. The lowest BCUT2D eigenvalue weighted by Gasteiger charge is -2.29. The first kappa shape index (κ1) is 19.3. The number of sulfonamides is 1. The second-order valence-corrected chi connectivity index (χ2v) is 8.30. The number of carbonyl (C=O) groups excluding carboxylic acids is 1. The van der Waals surface area contributed by atoms with Crippen LogP contribution in [0.1, 0.15) is 18.4 Å².